The van der Waals surface area contributed by atoms with Gasteiger partial charge in [-0.25, -0.2) is 4.79 Å². The second-order valence-corrected chi connectivity index (χ2v) is 4.26. The zero-order valence-corrected chi connectivity index (χ0v) is 9.17. The Labute approximate surface area is 89.2 Å². The standard InChI is InChI=1S/C10H18N2O3/c1-3-7(8(13)14)12-9(15)10(2)4-5-11-6-10/h7,11H,3-6H2,1-2H3,(H,12,15)(H,13,14). The zero-order valence-electron chi connectivity index (χ0n) is 9.17. The van der Waals surface area contributed by atoms with E-state index in [-0.39, 0.29) is 5.91 Å². The Morgan fingerprint density at radius 3 is 2.67 bits per heavy atom. The minimum atomic E-state index is -0.972. The topological polar surface area (TPSA) is 78.4 Å². The third-order valence-electron chi connectivity index (χ3n) is 2.93. The fourth-order valence-electron chi connectivity index (χ4n) is 1.68. The fourth-order valence-corrected chi connectivity index (χ4v) is 1.68. The van der Waals surface area contributed by atoms with E-state index in [1.165, 1.54) is 0 Å². The Balaban J connectivity index is 2.57. The molecule has 2 unspecified atom stereocenters. The van der Waals surface area contributed by atoms with Crippen LogP contribution >= 0.6 is 0 Å². The number of hydrogen-bond acceptors (Lipinski definition) is 3. The molecule has 2 atom stereocenters. The normalized spacial score (nSPS) is 27.3. The van der Waals surface area contributed by atoms with Crippen LogP contribution < -0.4 is 10.6 Å². The molecule has 15 heavy (non-hydrogen) atoms. The van der Waals surface area contributed by atoms with Gasteiger partial charge in [0, 0.05) is 6.54 Å². The van der Waals surface area contributed by atoms with Crippen molar-refractivity contribution in [3.05, 3.63) is 0 Å². The summed E-state index contributed by atoms with van der Waals surface area (Å²) in [5, 5.41) is 14.5. The Morgan fingerprint density at radius 1 is 1.60 bits per heavy atom. The molecule has 0 aromatic heterocycles. The highest BCUT2D eigenvalue weighted by atomic mass is 16.4. The Bertz CT molecular complexity index is 259. The predicted molar refractivity (Wildman–Crippen MR) is 55.5 cm³/mol. The maximum atomic E-state index is 11.8. The minimum Gasteiger partial charge on any atom is -0.480 e. The van der Waals surface area contributed by atoms with Crippen LogP contribution in [0.15, 0.2) is 0 Å². The van der Waals surface area contributed by atoms with Gasteiger partial charge in [-0.1, -0.05) is 6.92 Å². The largest absolute Gasteiger partial charge is 0.480 e. The Kier molecular flexibility index (Phi) is 3.68. The summed E-state index contributed by atoms with van der Waals surface area (Å²) in [4.78, 5) is 22.6. The summed E-state index contributed by atoms with van der Waals surface area (Å²) in [6, 6.07) is -0.769. The van der Waals surface area contributed by atoms with Gasteiger partial charge in [-0.3, -0.25) is 4.79 Å². The van der Waals surface area contributed by atoms with Gasteiger partial charge in [0.2, 0.25) is 5.91 Å². The van der Waals surface area contributed by atoms with E-state index in [4.69, 9.17) is 5.11 Å². The number of carboxylic acid groups (broad SMARTS) is 1. The summed E-state index contributed by atoms with van der Waals surface area (Å²) >= 11 is 0. The highest BCUT2D eigenvalue weighted by molar-refractivity contribution is 5.87. The predicted octanol–water partition coefficient (Wildman–Crippen LogP) is -0.0346. The molecule has 1 rings (SSSR count). The monoisotopic (exact) mass is 214 g/mol. The molecule has 0 bridgehead atoms. The number of nitrogens with one attached hydrogen (secondary N) is 2. The number of hydrogen-bond donors (Lipinski definition) is 3. The van der Waals surface area contributed by atoms with E-state index in [9.17, 15) is 9.59 Å². The molecule has 0 aromatic rings. The van der Waals surface area contributed by atoms with E-state index in [0.29, 0.717) is 13.0 Å². The first kappa shape index (κ1) is 12.0. The summed E-state index contributed by atoms with van der Waals surface area (Å²) in [5.74, 6) is -1.14. The lowest BCUT2D eigenvalue weighted by molar-refractivity contribution is -0.143. The van der Waals surface area contributed by atoms with Gasteiger partial charge in [-0.2, -0.15) is 0 Å². The molecule has 1 aliphatic rings. The van der Waals surface area contributed by atoms with E-state index in [0.717, 1.165) is 13.0 Å². The Morgan fingerprint density at radius 2 is 2.27 bits per heavy atom. The molecule has 0 saturated carbocycles. The van der Waals surface area contributed by atoms with Crippen LogP contribution in [0.1, 0.15) is 26.7 Å². The number of rotatable bonds is 4. The molecule has 1 heterocycles. The molecule has 1 saturated heterocycles. The zero-order chi connectivity index (χ0) is 11.5. The lowest BCUT2D eigenvalue weighted by Crippen LogP contribution is -2.48. The van der Waals surface area contributed by atoms with Crippen molar-refractivity contribution in [3.8, 4) is 0 Å². The molecule has 5 heteroatoms. The first-order valence-corrected chi connectivity index (χ1v) is 5.24. The molecule has 5 nitrogen and oxygen atoms in total. The quantitative estimate of drug-likeness (QED) is 0.614. The van der Waals surface area contributed by atoms with Crippen LogP contribution in [-0.4, -0.2) is 36.1 Å². The molecule has 1 fully saturated rings. The molecule has 0 radical (unpaired) electrons. The van der Waals surface area contributed by atoms with Crippen LogP contribution in [0.2, 0.25) is 0 Å². The van der Waals surface area contributed by atoms with Crippen molar-refractivity contribution in [2.75, 3.05) is 13.1 Å². The second-order valence-electron chi connectivity index (χ2n) is 4.26. The average molecular weight is 214 g/mol. The number of carboxylic acids is 1. The maximum Gasteiger partial charge on any atom is 0.326 e. The van der Waals surface area contributed by atoms with E-state index >= 15 is 0 Å². The molecule has 3 N–H and O–H groups in total. The fraction of sp³-hybridized carbons (Fsp3) is 0.800. The molecule has 0 spiro atoms. The van der Waals surface area contributed by atoms with Gasteiger partial charge in [0.05, 0.1) is 5.41 Å². The number of carbonyl (C=O) groups excluding carboxylic acids is 1. The van der Waals surface area contributed by atoms with Crippen molar-refractivity contribution in [2.45, 2.75) is 32.7 Å². The maximum absolute atomic E-state index is 11.8. The molecule has 1 amide bonds. The molecule has 86 valence electrons. The van der Waals surface area contributed by atoms with Gasteiger partial charge >= 0.3 is 5.97 Å². The third kappa shape index (κ3) is 2.68. The van der Waals surface area contributed by atoms with E-state index in [2.05, 4.69) is 10.6 Å². The van der Waals surface area contributed by atoms with E-state index in [1.807, 2.05) is 6.92 Å². The van der Waals surface area contributed by atoms with Gasteiger partial charge in [-0.05, 0) is 26.3 Å². The van der Waals surface area contributed by atoms with Crippen molar-refractivity contribution in [1.29, 1.82) is 0 Å². The summed E-state index contributed by atoms with van der Waals surface area (Å²) in [7, 11) is 0. The highest BCUT2D eigenvalue weighted by Gasteiger charge is 2.37. The first-order chi connectivity index (χ1) is 6.99. The minimum absolute atomic E-state index is 0.165. The van der Waals surface area contributed by atoms with E-state index < -0.39 is 17.4 Å². The lowest BCUT2D eigenvalue weighted by Gasteiger charge is -2.23. The van der Waals surface area contributed by atoms with Crippen molar-refractivity contribution in [1.82, 2.24) is 10.6 Å². The van der Waals surface area contributed by atoms with Gasteiger partial charge in [0.1, 0.15) is 6.04 Å². The SMILES string of the molecule is CCC(NC(=O)C1(C)CCNC1)C(=O)O. The smallest absolute Gasteiger partial charge is 0.326 e. The second kappa shape index (κ2) is 4.61. The van der Waals surface area contributed by atoms with Gasteiger partial charge in [0.15, 0.2) is 0 Å². The molecular weight excluding hydrogens is 196 g/mol. The third-order valence-corrected chi connectivity index (χ3v) is 2.93. The van der Waals surface area contributed by atoms with Crippen LogP contribution in [0.5, 0.6) is 0 Å². The molecule has 0 aromatic carbocycles. The van der Waals surface area contributed by atoms with Crippen LogP contribution in [0, 0.1) is 5.41 Å². The number of amides is 1. The van der Waals surface area contributed by atoms with E-state index in [1.54, 1.807) is 6.92 Å². The van der Waals surface area contributed by atoms with Gasteiger partial charge in [0.25, 0.3) is 0 Å². The highest BCUT2D eigenvalue weighted by Crippen LogP contribution is 2.24. The van der Waals surface area contributed by atoms with Crippen molar-refractivity contribution < 1.29 is 14.7 Å². The van der Waals surface area contributed by atoms with Crippen molar-refractivity contribution in [2.24, 2.45) is 5.41 Å². The van der Waals surface area contributed by atoms with Crippen LogP contribution in [0.4, 0.5) is 0 Å². The lowest BCUT2D eigenvalue weighted by atomic mass is 9.88. The molecular formula is C10H18N2O3. The first-order valence-electron chi connectivity index (χ1n) is 5.24. The summed E-state index contributed by atoms with van der Waals surface area (Å²) in [6.07, 6.45) is 1.17. The molecule has 0 aliphatic carbocycles. The summed E-state index contributed by atoms with van der Waals surface area (Å²) in [6.45, 7) is 5.04. The summed E-state index contributed by atoms with van der Waals surface area (Å²) in [5.41, 5.74) is -0.455. The van der Waals surface area contributed by atoms with Gasteiger partial charge in [-0.15, -0.1) is 0 Å². The van der Waals surface area contributed by atoms with Crippen LogP contribution in [-0.2, 0) is 9.59 Å². The molecule has 1 aliphatic heterocycles. The average Bonchev–Trinajstić information content (AvgIpc) is 2.61. The van der Waals surface area contributed by atoms with Gasteiger partial charge < -0.3 is 15.7 Å². The van der Waals surface area contributed by atoms with Crippen molar-refractivity contribution >= 4 is 11.9 Å². The summed E-state index contributed by atoms with van der Waals surface area (Å²) < 4.78 is 0. The Hall–Kier alpha value is -1.10. The van der Waals surface area contributed by atoms with Crippen LogP contribution in [0.25, 0.3) is 0 Å². The number of carbonyl (C=O) groups is 2. The van der Waals surface area contributed by atoms with Crippen LogP contribution in [0.3, 0.4) is 0 Å². The van der Waals surface area contributed by atoms with Crippen molar-refractivity contribution in [3.63, 3.8) is 0 Å². The number of aliphatic carboxylic acids is 1.